The molecule has 0 saturated carbocycles. The first-order valence-electron chi connectivity index (χ1n) is 3.85. The van der Waals surface area contributed by atoms with E-state index in [0.29, 0.717) is 0 Å². The van der Waals surface area contributed by atoms with Gasteiger partial charge in [-0.05, 0) is 0 Å². The first-order chi connectivity index (χ1) is 6.32. The largest absolute Gasteiger partial charge is 0.356 e. The highest BCUT2D eigenvalue weighted by atomic mass is 32.2. The summed E-state index contributed by atoms with van der Waals surface area (Å²) < 4.78 is 22.4. The lowest BCUT2D eigenvalue weighted by molar-refractivity contribution is -0.533. The van der Waals surface area contributed by atoms with Crippen molar-refractivity contribution in [3.05, 3.63) is 34.4 Å². The standard InChI is InChI=1S/C7H10N2O4S/c1-6-4-2-3-5-7(6,9(10)11)14(8,12)13/h2-6H,1H3,(H2,8,12,13). The number of nitro groups is 1. The van der Waals surface area contributed by atoms with Crippen molar-refractivity contribution >= 4 is 10.0 Å². The normalized spacial score (nSPS) is 31.7. The van der Waals surface area contributed by atoms with Crippen molar-refractivity contribution in [2.24, 2.45) is 11.1 Å². The molecular weight excluding hydrogens is 208 g/mol. The Bertz CT molecular complexity index is 411. The minimum atomic E-state index is -4.27. The van der Waals surface area contributed by atoms with Gasteiger partial charge in [-0.1, -0.05) is 25.2 Å². The molecule has 0 spiro atoms. The minimum absolute atomic E-state index is 0.780. The Morgan fingerprint density at radius 2 is 2.07 bits per heavy atom. The van der Waals surface area contributed by atoms with Crippen LogP contribution >= 0.6 is 0 Å². The quantitative estimate of drug-likeness (QED) is 0.520. The van der Waals surface area contributed by atoms with E-state index in [0.717, 1.165) is 6.08 Å². The molecule has 2 atom stereocenters. The van der Waals surface area contributed by atoms with E-state index in [9.17, 15) is 18.5 Å². The molecule has 0 amide bonds. The lowest BCUT2D eigenvalue weighted by Gasteiger charge is -2.25. The fraction of sp³-hybridized carbons (Fsp3) is 0.429. The molecule has 7 heteroatoms. The highest BCUT2D eigenvalue weighted by Gasteiger charge is 2.56. The number of hydrogen-bond acceptors (Lipinski definition) is 4. The first kappa shape index (κ1) is 10.9. The summed E-state index contributed by atoms with van der Waals surface area (Å²) >= 11 is 0. The zero-order valence-corrected chi connectivity index (χ0v) is 8.27. The number of allylic oxidation sites excluding steroid dienone is 2. The van der Waals surface area contributed by atoms with Crippen LogP contribution in [0, 0.1) is 16.0 Å². The van der Waals surface area contributed by atoms with Crippen LogP contribution in [0.15, 0.2) is 24.3 Å². The molecule has 1 aliphatic rings. The van der Waals surface area contributed by atoms with E-state index in [4.69, 9.17) is 5.14 Å². The molecule has 0 heterocycles. The van der Waals surface area contributed by atoms with Crippen LogP contribution in [0.2, 0.25) is 0 Å². The van der Waals surface area contributed by atoms with E-state index < -0.39 is 25.7 Å². The number of nitrogens with zero attached hydrogens (tertiary/aromatic N) is 1. The summed E-state index contributed by atoms with van der Waals surface area (Å²) in [5, 5.41) is 15.7. The van der Waals surface area contributed by atoms with Crippen LogP contribution in [-0.2, 0) is 10.0 Å². The van der Waals surface area contributed by atoms with E-state index in [-0.39, 0.29) is 0 Å². The molecule has 0 aromatic rings. The van der Waals surface area contributed by atoms with Crippen molar-refractivity contribution < 1.29 is 13.3 Å². The molecule has 0 saturated heterocycles. The monoisotopic (exact) mass is 218 g/mol. The summed E-state index contributed by atoms with van der Waals surface area (Å²) in [5.74, 6) is -0.780. The second-order valence-corrected chi connectivity index (χ2v) is 4.83. The minimum Gasteiger partial charge on any atom is -0.262 e. The molecule has 6 nitrogen and oxygen atoms in total. The van der Waals surface area contributed by atoms with Gasteiger partial charge < -0.3 is 0 Å². The second kappa shape index (κ2) is 3.18. The van der Waals surface area contributed by atoms with E-state index in [1.807, 2.05) is 0 Å². The Labute approximate surface area is 81.3 Å². The van der Waals surface area contributed by atoms with Gasteiger partial charge in [0.2, 0.25) is 0 Å². The van der Waals surface area contributed by atoms with Gasteiger partial charge in [0, 0.05) is 11.0 Å². The molecular formula is C7H10N2O4S. The van der Waals surface area contributed by atoms with Crippen molar-refractivity contribution in [2.45, 2.75) is 11.8 Å². The number of rotatable bonds is 2. The summed E-state index contributed by atoms with van der Waals surface area (Å²) in [6, 6.07) is 0. The maximum atomic E-state index is 11.2. The predicted molar refractivity (Wildman–Crippen MR) is 50.3 cm³/mol. The van der Waals surface area contributed by atoms with Gasteiger partial charge in [0.25, 0.3) is 10.0 Å². The molecule has 0 bridgehead atoms. The van der Waals surface area contributed by atoms with Crippen LogP contribution < -0.4 is 5.14 Å². The van der Waals surface area contributed by atoms with Crippen LogP contribution in [0.5, 0.6) is 0 Å². The molecule has 14 heavy (non-hydrogen) atoms. The van der Waals surface area contributed by atoms with Crippen molar-refractivity contribution in [3.8, 4) is 0 Å². The van der Waals surface area contributed by atoms with E-state index in [2.05, 4.69) is 0 Å². The van der Waals surface area contributed by atoms with Gasteiger partial charge in [0.05, 0.1) is 5.92 Å². The Morgan fingerprint density at radius 3 is 2.36 bits per heavy atom. The topological polar surface area (TPSA) is 103 Å². The second-order valence-electron chi connectivity index (χ2n) is 3.09. The van der Waals surface area contributed by atoms with Gasteiger partial charge in [0.15, 0.2) is 0 Å². The van der Waals surface area contributed by atoms with Gasteiger partial charge in [-0.2, -0.15) is 0 Å². The van der Waals surface area contributed by atoms with Crippen molar-refractivity contribution in [1.29, 1.82) is 0 Å². The summed E-state index contributed by atoms with van der Waals surface area (Å²) in [6.07, 6.45) is 5.31. The summed E-state index contributed by atoms with van der Waals surface area (Å²) in [7, 11) is -4.27. The summed E-state index contributed by atoms with van der Waals surface area (Å²) in [5.41, 5.74) is 0. The molecule has 0 fully saturated rings. The fourth-order valence-corrected chi connectivity index (χ4v) is 2.47. The molecule has 2 N–H and O–H groups in total. The molecule has 1 aliphatic carbocycles. The van der Waals surface area contributed by atoms with E-state index in [1.165, 1.54) is 19.1 Å². The number of primary sulfonamides is 1. The number of sulfonamides is 1. The number of nitrogens with two attached hydrogens (primary N) is 1. The van der Waals surface area contributed by atoms with Gasteiger partial charge >= 0.3 is 4.87 Å². The Kier molecular flexibility index (Phi) is 2.47. The highest BCUT2D eigenvalue weighted by Crippen LogP contribution is 2.31. The summed E-state index contributed by atoms with van der Waals surface area (Å²) in [6.45, 7) is 1.44. The Morgan fingerprint density at radius 1 is 1.50 bits per heavy atom. The van der Waals surface area contributed by atoms with Crippen LogP contribution in [0.3, 0.4) is 0 Å². The van der Waals surface area contributed by atoms with Crippen molar-refractivity contribution in [2.75, 3.05) is 0 Å². The fourth-order valence-electron chi connectivity index (χ4n) is 1.40. The maximum Gasteiger partial charge on any atom is 0.356 e. The average molecular weight is 218 g/mol. The van der Waals surface area contributed by atoms with E-state index >= 15 is 0 Å². The zero-order valence-electron chi connectivity index (χ0n) is 7.45. The Balaban J connectivity index is 3.40. The van der Waals surface area contributed by atoms with Crippen LogP contribution in [0.25, 0.3) is 0 Å². The van der Waals surface area contributed by atoms with Gasteiger partial charge in [-0.25, -0.2) is 13.6 Å². The van der Waals surface area contributed by atoms with Crippen molar-refractivity contribution in [3.63, 3.8) is 0 Å². The lowest BCUT2D eigenvalue weighted by Crippen LogP contribution is -2.53. The third-order valence-corrected chi connectivity index (χ3v) is 3.81. The van der Waals surface area contributed by atoms with Crippen LogP contribution in [0.1, 0.15) is 6.92 Å². The van der Waals surface area contributed by atoms with E-state index in [1.54, 1.807) is 6.08 Å². The molecule has 0 radical (unpaired) electrons. The van der Waals surface area contributed by atoms with Crippen molar-refractivity contribution in [1.82, 2.24) is 0 Å². The smallest absolute Gasteiger partial charge is 0.262 e. The molecule has 2 unspecified atom stereocenters. The SMILES string of the molecule is CC1C=CC=CC1([N+](=O)[O-])S(N)(=O)=O. The first-order valence-corrected chi connectivity index (χ1v) is 5.40. The maximum absolute atomic E-state index is 11.2. The molecule has 0 aromatic carbocycles. The van der Waals surface area contributed by atoms with Gasteiger partial charge in [0.1, 0.15) is 0 Å². The third-order valence-electron chi connectivity index (χ3n) is 2.24. The molecule has 0 aromatic heterocycles. The highest BCUT2D eigenvalue weighted by molar-refractivity contribution is 7.90. The van der Waals surface area contributed by atoms with Gasteiger partial charge in [-0.15, -0.1) is 0 Å². The summed E-state index contributed by atoms with van der Waals surface area (Å²) in [4.78, 5) is 7.71. The van der Waals surface area contributed by atoms with Crippen LogP contribution in [-0.4, -0.2) is 18.2 Å². The predicted octanol–water partition coefficient (Wildman–Crippen LogP) is 0.0100. The molecule has 78 valence electrons. The Hall–Kier alpha value is -1.21. The van der Waals surface area contributed by atoms with Gasteiger partial charge in [-0.3, -0.25) is 10.1 Å². The van der Waals surface area contributed by atoms with Crippen LogP contribution in [0.4, 0.5) is 0 Å². The average Bonchev–Trinajstić information content (AvgIpc) is 2.02. The lowest BCUT2D eigenvalue weighted by atomic mass is 9.97. The number of hydrogen-bond donors (Lipinski definition) is 1. The zero-order chi connectivity index (χ0) is 11.0. The third kappa shape index (κ3) is 1.34. The molecule has 1 rings (SSSR count). The molecule has 0 aliphatic heterocycles.